The molecule has 0 radical (unpaired) electrons. The number of alkyl halides is 3. The van der Waals surface area contributed by atoms with Gasteiger partial charge in [0, 0.05) is 19.8 Å². The maximum absolute atomic E-state index is 12.7. The lowest BCUT2D eigenvalue weighted by Crippen LogP contribution is -2.48. The first-order chi connectivity index (χ1) is 17.1. The van der Waals surface area contributed by atoms with E-state index in [1.165, 1.54) is 12.1 Å². The van der Waals surface area contributed by atoms with Gasteiger partial charge in [0.15, 0.2) is 5.60 Å². The first-order valence-corrected chi connectivity index (χ1v) is 12.1. The minimum absolute atomic E-state index is 0.0556. The van der Waals surface area contributed by atoms with E-state index in [-0.39, 0.29) is 12.5 Å². The van der Waals surface area contributed by atoms with Crippen LogP contribution in [0.25, 0.3) is 0 Å². The number of rotatable bonds is 10. The number of hydrogen-bond acceptors (Lipinski definition) is 5. The summed E-state index contributed by atoms with van der Waals surface area (Å²) in [6.07, 6.45) is -1.89. The van der Waals surface area contributed by atoms with Crippen LogP contribution in [0.15, 0.2) is 53.7 Å². The number of carbonyl (C=O) groups excluding carboxylic acids is 1. The van der Waals surface area contributed by atoms with E-state index in [0.717, 1.165) is 43.8 Å². The number of carbonyl (C=O) groups is 1. The summed E-state index contributed by atoms with van der Waals surface area (Å²) in [4.78, 5) is 18.1. The van der Waals surface area contributed by atoms with Crippen LogP contribution in [0.2, 0.25) is 0 Å². The van der Waals surface area contributed by atoms with Crippen molar-refractivity contribution < 1.29 is 32.3 Å². The molecule has 196 valence electrons. The molecule has 2 aromatic carbocycles. The Morgan fingerprint density at radius 2 is 1.69 bits per heavy atom. The molecule has 0 bridgehead atoms. The van der Waals surface area contributed by atoms with Crippen LogP contribution >= 0.6 is 0 Å². The number of ether oxygens (including phenoxy) is 2. The topological polar surface area (TPSA) is 69.2 Å². The Kier molecular flexibility index (Phi) is 9.37. The maximum atomic E-state index is 12.7. The molecule has 3 rings (SSSR count). The summed E-state index contributed by atoms with van der Waals surface area (Å²) in [5.41, 5.74) is 0.342. The summed E-state index contributed by atoms with van der Waals surface area (Å²) in [5.74, 6) is 0.794. The zero-order chi connectivity index (χ0) is 26.2. The SMILES string of the molecule is CCC(=NOCc1ccc(C(F)(F)F)cc1)c1ccc(OC(C)(C)C(=O)NCC2CCOCC2)cc1. The minimum Gasteiger partial charge on any atom is -0.478 e. The fraction of sp³-hybridized carbons (Fsp3) is 0.481. The van der Waals surface area contributed by atoms with Crippen molar-refractivity contribution in [3.05, 3.63) is 65.2 Å². The fourth-order valence-corrected chi connectivity index (χ4v) is 3.75. The highest BCUT2D eigenvalue weighted by Gasteiger charge is 2.31. The minimum atomic E-state index is -4.37. The van der Waals surface area contributed by atoms with Gasteiger partial charge in [0.2, 0.25) is 0 Å². The first kappa shape index (κ1) is 27.5. The number of nitrogens with one attached hydrogen (secondary N) is 1. The Morgan fingerprint density at radius 1 is 1.06 bits per heavy atom. The Hall–Kier alpha value is -3.07. The van der Waals surface area contributed by atoms with Crippen LogP contribution in [0, 0.1) is 5.92 Å². The Balaban J connectivity index is 1.53. The average molecular weight is 507 g/mol. The molecule has 0 spiro atoms. The maximum Gasteiger partial charge on any atom is 0.416 e. The van der Waals surface area contributed by atoms with E-state index in [1.807, 2.05) is 19.1 Å². The van der Waals surface area contributed by atoms with Gasteiger partial charge in [-0.25, -0.2) is 0 Å². The highest BCUT2D eigenvalue weighted by molar-refractivity contribution is 6.00. The number of benzene rings is 2. The molecule has 0 aromatic heterocycles. The van der Waals surface area contributed by atoms with E-state index in [2.05, 4.69) is 10.5 Å². The summed E-state index contributed by atoms with van der Waals surface area (Å²) in [7, 11) is 0. The van der Waals surface area contributed by atoms with Gasteiger partial charge in [0.1, 0.15) is 12.4 Å². The molecule has 6 nitrogen and oxygen atoms in total. The van der Waals surface area contributed by atoms with E-state index in [9.17, 15) is 18.0 Å². The molecule has 36 heavy (non-hydrogen) atoms. The molecule has 1 amide bonds. The Morgan fingerprint density at radius 3 is 2.28 bits per heavy atom. The third-order valence-corrected chi connectivity index (χ3v) is 6.02. The van der Waals surface area contributed by atoms with E-state index >= 15 is 0 Å². The van der Waals surface area contributed by atoms with Crippen molar-refractivity contribution in [3.63, 3.8) is 0 Å². The quantitative estimate of drug-likeness (QED) is 0.330. The number of nitrogens with zero attached hydrogens (tertiary/aromatic N) is 1. The monoisotopic (exact) mass is 506 g/mol. The summed E-state index contributed by atoms with van der Waals surface area (Å²) in [6, 6.07) is 12.0. The fourth-order valence-electron chi connectivity index (χ4n) is 3.75. The van der Waals surface area contributed by atoms with E-state index < -0.39 is 17.3 Å². The molecule has 1 N–H and O–H groups in total. The molecule has 1 saturated heterocycles. The van der Waals surface area contributed by atoms with Gasteiger partial charge >= 0.3 is 6.18 Å². The summed E-state index contributed by atoms with van der Waals surface area (Å²) in [5, 5.41) is 7.15. The van der Waals surface area contributed by atoms with Crippen molar-refractivity contribution in [1.82, 2.24) is 5.32 Å². The molecule has 0 unspecified atom stereocenters. The average Bonchev–Trinajstić information content (AvgIpc) is 2.86. The van der Waals surface area contributed by atoms with Crippen LogP contribution in [-0.2, 0) is 27.2 Å². The van der Waals surface area contributed by atoms with E-state index in [4.69, 9.17) is 14.3 Å². The van der Waals surface area contributed by atoms with Crippen molar-refractivity contribution in [1.29, 1.82) is 0 Å². The Labute approximate surface area is 209 Å². The van der Waals surface area contributed by atoms with Crippen molar-refractivity contribution >= 4 is 11.6 Å². The smallest absolute Gasteiger partial charge is 0.416 e. The van der Waals surface area contributed by atoms with Crippen LogP contribution in [0.1, 0.15) is 56.7 Å². The van der Waals surface area contributed by atoms with Crippen LogP contribution < -0.4 is 10.1 Å². The van der Waals surface area contributed by atoms with Gasteiger partial charge in [-0.05, 0) is 86.6 Å². The molecule has 0 aliphatic carbocycles. The second kappa shape index (κ2) is 12.3. The van der Waals surface area contributed by atoms with Crippen LogP contribution in [0.5, 0.6) is 5.75 Å². The zero-order valence-electron chi connectivity index (χ0n) is 20.9. The summed E-state index contributed by atoms with van der Waals surface area (Å²) >= 11 is 0. The van der Waals surface area contributed by atoms with Crippen LogP contribution in [0.4, 0.5) is 13.2 Å². The van der Waals surface area contributed by atoms with E-state index in [1.54, 1.807) is 26.0 Å². The second-order valence-electron chi connectivity index (χ2n) is 9.26. The molecule has 9 heteroatoms. The Bertz CT molecular complexity index is 1010. The van der Waals surface area contributed by atoms with Gasteiger partial charge in [-0.15, -0.1) is 0 Å². The van der Waals surface area contributed by atoms with Crippen molar-refractivity contribution in [2.75, 3.05) is 19.8 Å². The molecular weight excluding hydrogens is 473 g/mol. The van der Waals surface area contributed by atoms with Gasteiger partial charge in [0.05, 0.1) is 11.3 Å². The van der Waals surface area contributed by atoms with E-state index in [0.29, 0.717) is 35.9 Å². The van der Waals surface area contributed by atoms with Gasteiger partial charge in [0.25, 0.3) is 5.91 Å². The number of halogens is 3. The molecule has 1 aliphatic rings. The normalized spacial score (nSPS) is 15.4. The molecular formula is C27H33F3N2O4. The largest absolute Gasteiger partial charge is 0.478 e. The predicted molar refractivity (Wildman–Crippen MR) is 131 cm³/mol. The number of oxime groups is 1. The summed E-state index contributed by atoms with van der Waals surface area (Å²) < 4.78 is 49.4. The molecule has 0 atom stereocenters. The molecule has 1 heterocycles. The molecule has 1 aliphatic heterocycles. The third kappa shape index (κ3) is 7.98. The number of amides is 1. The van der Waals surface area contributed by atoms with Gasteiger partial charge in [-0.2, -0.15) is 13.2 Å². The van der Waals surface area contributed by atoms with Crippen molar-refractivity contribution in [3.8, 4) is 5.75 Å². The van der Waals surface area contributed by atoms with Gasteiger partial charge < -0.3 is 19.6 Å². The van der Waals surface area contributed by atoms with Crippen LogP contribution in [-0.4, -0.2) is 37.0 Å². The lowest BCUT2D eigenvalue weighted by Gasteiger charge is -2.28. The van der Waals surface area contributed by atoms with Gasteiger partial charge in [-0.1, -0.05) is 24.2 Å². The van der Waals surface area contributed by atoms with Gasteiger partial charge in [-0.3, -0.25) is 4.79 Å². The van der Waals surface area contributed by atoms with Crippen molar-refractivity contribution in [2.24, 2.45) is 11.1 Å². The molecule has 0 saturated carbocycles. The molecule has 1 fully saturated rings. The summed E-state index contributed by atoms with van der Waals surface area (Å²) in [6.45, 7) is 7.52. The lowest BCUT2D eigenvalue weighted by molar-refractivity contribution is -0.137. The van der Waals surface area contributed by atoms with Crippen molar-refractivity contribution in [2.45, 2.75) is 58.4 Å². The lowest BCUT2D eigenvalue weighted by atomic mass is 10.00. The zero-order valence-corrected chi connectivity index (χ0v) is 20.9. The standard InChI is InChI=1S/C27H33F3N2O4/c1-4-24(32-35-18-20-5-9-22(10-6-20)27(28,29)30)21-7-11-23(12-8-21)36-26(2,3)25(33)31-17-19-13-15-34-16-14-19/h5-12,19H,4,13-18H2,1-3H3,(H,31,33). The first-order valence-electron chi connectivity index (χ1n) is 12.1. The number of hydrogen-bond donors (Lipinski definition) is 1. The molecule has 2 aromatic rings. The second-order valence-corrected chi connectivity index (χ2v) is 9.26. The third-order valence-electron chi connectivity index (χ3n) is 6.02. The van der Waals surface area contributed by atoms with Crippen LogP contribution in [0.3, 0.4) is 0 Å². The highest BCUT2D eigenvalue weighted by atomic mass is 19.4. The highest BCUT2D eigenvalue weighted by Crippen LogP contribution is 2.29. The predicted octanol–water partition coefficient (Wildman–Crippen LogP) is 5.74.